The number of pyridine rings is 1. The number of carbonyl (C=O) groups excluding carboxylic acids is 2. The number of carbonyl (C=O) groups is 2. The molecule has 7 nitrogen and oxygen atoms in total. The maximum absolute atomic E-state index is 12.8. The third-order valence-electron chi connectivity index (χ3n) is 3.96. The van der Waals surface area contributed by atoms with Gasteiger partial charge in [0.25, 0.3) is 0 Å². The van der Waals surface area contributed by atoms with Crippen LogP contribution in [0.15, 0.2) is 66.7 Å². The molecule has 0 atom stereocenters. The summed E-state index contributed by atoms with van der Waals surface area (Å²) in [6.45, 7) is 0.0415. The van der Waals surface area contributed by atoms with Crippen LogP contribution >= 0.6 is 0 Å². The van der Waals surface area contributed by atoms with E-state index in [0.717, 1.165) is 5.56 Å². The maximum Gasteiger partial charge on any atom is 0.349 e. The number of rotatable bonds is 7. The molecular weight excluding hydrogens is 374 g/mol. The van der Waals surface area contributed by atoms with Crippen LogP contribution in [0.5, 0.6) is 17.5 Å². The number of ether oxygens (including phenoxy) is 4. The summed E-state index contributed by atoms with van der Waals surface area (Å²) >= 11 is 0. The van der Waals surface area contributed by atoms with Gasteiger partial charge in [0.15, 0.2) is 0 Å². The summed E-state index contributed by atoms with van der Waals surface area (Å²) < 4.78 is 21.0. The average molecular weight is 393 g/mol. The second kappa shape index (κ2) is 9.36. The summed E-state index contributed by atoms with van der Waals surface area (Å²) in [5.41, 5.74) is 0.600. The van der Waals surface area contributed by atoms with Crippen LogP contribution in [0.2, 0.25) is 0 Å². The fourth-order valence-electron chi connectivity index (χ4n) is 2.56. The lowest BCUT2D eigenvalue weighted by atomic mass is 10.1. The van der Waals surface area contributed by atoms with Gasteiger partial charge in [-0.1, -0.05) is 48.5 Å². The normalized spacial score (nSPS) is 10.1. The first-order valence-electron chi connectivity index (χ1n) is 8.73. The number of methoxy groups -OCH3 is 2. The monoisotopic (exact) mass is 393 g/mol. The first-order valence-corrected chi connectivity index (χ1v) is 8.73. The highest BCUT2D eigenvalue weighted by Gasteiger charge is 2.27. The minimum absolute atomic E-state index is 0.0415. The molecule has 3 aromatic rings. The number of nitrogens with zero attached hydrogens (tertiary/aromatic N) is 1. The minimum atomic E-state index is -0.796. The highest BCUT2D eigenvalue weighted by Crippen LogP contribution is 2.27. The highest BCUT2D eigenvalue weighted by molar-refractivity contribution is 6.05. The van der Waals surface area contributed by atoms with Crippen molar-refractivity contribution in [1.29, 1.82) is 0 Å². The predicted octanol–water partition coefficient (Wildman–Crippen LogP) is 3.68. The van der Waals surface area contributed by atoms with Crippen LogP contribution in [0.25, 0.3) is 0 Å². The van der Waals surface area contributed by atoms with Gasteiger partial charge < -0.3 is 18.9 Å². The van der Waals surface area contributed by atoms with Gasteiger partial charge in [-0.3, -0.25) is 0 Å². The summed E-state index contributed by atoms with van der Waals surface area (Å²) in [6, 6.07) is 19.0. The first-order chi connectivity index (χ1) is 14.1. The molecule has 0 radical (unpaired) electrons. The molecule has 0 unspecified atom stereocenters. The van der Waals surface area contributed by atoms with Crippen LogP contribution in [-0.2, 0) is 11.3 Å². The second-order valence-corrected chi connectivity index (χ2v) is 5.86. The molecule has 7 heteroatoms. The van der Waals surface area contributed by atoms with Gasteiger partial charge in [0.05, 0.1) is 19.8 Å². The lowest BCUT2D eigenvalue weighted by Crippen LogP contribution is -2.18. The zero-order chi connectivity index (χ0) is 20.6. The summed E-state index contributed by atoms with van der Waals surface area (Å²) in [7, 11) is 2.73. The number of para-hydroxylation sites is 1. The molecule has 1 aromatic heterocycles. The van der Waals surface area contributed by atoms with E-state index in [4.69, 9.17) is 18.9 Å². The molecule has 0 saturated heterocycles. The van der Waals surface area contributed by atoms with E-state index in [0.29, 0.717) is 5.75 Å². The van der Waals surface area contributed by atoms with Crippen molar-refractivity contribution < 1.29 is 28.5 Å². The van der Waals surface area contributed by atoms with Crippen LogP contribution in [0.3, 0.4) is 0 Å². The summed E-state index contributed by atoms with van der Waals surface area (Å²) in [4.78, 5) is 29.6. The van der Waals surface area contributed by atoms with Crippen LogP contribution in [0.4, 0.5) is 0 Å². The SMILES string of the molecule is COc1cc(C(=O)OCc2ccccc2)c(C(=O)Oc2ccccc2)c(OC)n1. The lowest BCUT2D eigenvalue weighted by Gasteiger charge is -2.14. The molecule has 2 aromatic carbocycles. The third kappa shape index (κ3) is 4.90. The fourth-order valence-corrected chi connectivity index (χ4v) is 2.56. The van der Waals surface area contributed by atoms with Gasteiger partial charge in [0.1, 0.15) is 17.9 Å². The van der Waals surface area contributed by atoms with Gasteiger partial charge in [-0.05, 0) is 17.7 Å². The van der Waals surface area contributed by atoms with E-state index in [1.165, 1.54) is 20.3 Å². The maximum atomic E-state index is 12.8. The van der Waals surface area contributed by atoms with Crippen LogP contribution in [0, 0.1) is 0 Å². The van der Waals surface area contributed by atoms with Gasteiger partial charge in [0, 0.05) is 6.07 Å². The molecule has 0 N–H and O–H groups in total. The molecule has 0 amide bonds. The quantitative estimate of drug-likeness (QED) is 0.447. The Balaban J connectivity index is 1.93. The van der Waals surface area contributed by atoms with Crippen LogP contribution in [-0.4, -0.2) is 31.1 Å². The van der Waals surface area contributed by atoms with Gasteiger partial charge in [-0.2, -0.15) is 4.98 Å². The topological polar surface area (TPSA) is 84.0 Å². The molecule has 0 saturated carbocycles. The van der Waals surface area contributed by atoms with E-state index in [9.17, 15) is 9.59 Å². The molecule has 0 bridgehead atoms. The van der Waals surface area contributed by atoms with Crippen molar-refractivity contribution in [2.45, 2.75) is 6.61 Å². The number of hydrogen-bond donors (Lipinski definition) is 0. The van der Waals surface area contributed by atoms with Crippen molar-refractivity contribution >= 4 is 11.9 Å². The van der Waals surface area contributed by atoms with Crippen molar-refractivity contribution in [3.8, 4) is 17.5 Å². The number of benzene rings is 2. The Morgan fingerprint density at radius 1 is 0.862 bits per heavy atom. The molecule has 0 aliphatic rings. The van der Waals surface area contributed by atoms with E-state index in [1.54, 1.807) is 30.3 Å². The summed E-state index contributed by atoms with van der Waals surface area (Å²) in [5.74, 6) is -1.21. The number of esters is 2. The Morgan fingerprint density at radius 3 is 2.14 bits per heavy atom. The second-order valence-electron chi connectivity index (χ2n) is 5.86. The molecule has 29 heavy (non-hydrogen) atoms. The van der Waals surface area contributed by atoms with Crippen molar-refractivity contribution in [3.63, 3.8) is 0 Å². The summed E-state index contributed by atoms with van der Waals surface area (Å²) in [6.07, 6.45) is 0. The molecule has 0 aliphatic heterocycles. The predicted molar refractivity (Wildman–Crippen MR) is 104 cm³/mol. The van der Waals surface area contributed by atoms with Crippen molar-refractivity contribution in [2.75, 3.05) is 14.2 Å². The standard InChI is InChI=1S/C22H19NO6/c1-26-18-13-17(21(24)28-14-15-9-5-3-6-10-15)19(20(23-18)27-2)22(25)29-16-11-7-4-8-12-16/h3-13H,14H2,1-2H3. The van der Waals surface area contributed by atoms with E-state index < -0.39 is 11.9 Å². The van der Waals surface area contributed by atoms with Crippen molar-refractivity contribution in [3.05, 3.63) is 83.4 Å². The largest absolute Gasteiger partial charge is 0.481 e. The van der Waals surface area contributed by atoms with E-state index in [-0.39, 0.29) is 29.5 Å². The lowest BCUT2D eigenvalue weighted by molar-refractivity contribution is 0.0463. The minimum Gasteiger partial charge on any atom is -0.481 e. The smallest absolute Gasteiger partial charge is 0.349 e. The Labute approximate surface area is 167 Å². The van der Waals surface area contributed by atoms with E-state index in [1.807, 2.05) is 30.3 Å². The van der Waals surface area contributed by atoms with Gasteiger partial charge in [-0.15, -0.1) is 0 Å². The molecule has 0 fully saturated rings. The molecular formula is C22H19NO6. The van der Waals surface area contributed by atoms with Crippen LogP contribution < -0.4 is 14.2 Å². The number of aromatic nitrogens is 1. The zero-order valence-electron chi connectivity index (χ0n) is 16.0. The van der Waals surface area contributed by atoms with E-state index >= 15 is 0 Å². The van der Waals surface area contributed by atoms with Crippen molar-refractivity contribution in [2.24, 2.45) is 0 Å². The van der Waals surface area contributed by atoms with Gasteiger partial charge in [-0.25, -0.2) is 9.59 Å². The Bertz CT molecular complexity index is 989. The van der Waals surface area contributed by atoms with Crippen molar-refractivity contribution in [1.82, 2.24) is 4.98 Å². The Morgan fingerprint density at radius 2 is 1.52 bits per heavy atom. The highest BCUT2D eigenvalue weighted by atomic mass is 16.5. The molecule has 0 aliphatic carbocycles. The molecule has 1 heterocycles. The fraction of sp³-hybridized carbons (Fsp3) is 0.136. The average Bonchev–Trinajstić information content (AvgIpc) is 2.77. The van der Waals surface area contributed by atoms with E-state index in [2.05, 4.69) is 4.98 Å². The van der Waals surface area contributed by atoms with Gasteiger partial charge in [0.2, 0.25) is 11.8 Å². The van der Waals surface area contributed by atoms with Gasteiger partial charge >= 0.3 is 11.9 Å². The third-order valence-corrected chi connectivity index (χ3v) is 3.96. The molecule has 148 valence electrons. The Kier molecular flexibility index (Phi) is 6.42. The number of hydrogen-bond acceptors (Lipinski definition) is 7. The zero-order valence-corrected chi connectivity index (χ0v) is 16.0. The first kappa shape index (κ1) is 19.9. The van der Waals surface area contributed by atoms with Crippen LogP contribution in [0.1, 0.15) is 26.3 Å². The summed E-state index contributed by atoms with van der Waals surface area (Å²) in [5, 5.41) is 0. The Hall–Kier alpha value is -3.87. The molecule has 3 rings (SSSR count). The molecule has 0 spiro atoms.